The largest absolute Gasteiger partial charge is 0.382 e. The highest BCUT2D eigenvalue weighted by Crippen LogP contribution is 2.37. The van der Waals surface area contributed by atoms with Gasteiger partial charge in [-0.25, -0.2) is 9.50 Å². The number of fused-ring (bicyclic) bond motifs is 2. The van der Waals surface area contributed by atoms with E-state index >= 15 is 0 Å². The summed E-state index contributed by atoms with van der Waals surface area (Å²) in [5.74, 6) is 0.444. The first kappa shape index (κ1) is 21.5. The van der Waals surface area contributed by atoms with E-state index in [2.05, 4.69) is 48.8 Å². The molecule has 0 spiro atoms. The minimum absolute atomic E-state index is 0.290. The van der Waals surface area contributed by atoms with Crippen LogP contribution in [0.5, 0.6) is 0 Å². The van der Waals surface area contributed by atoms with Gasteiger partial charge in [-0.2, -0.15) is 15.3 Å². The van der Waals surface area contributed by atoms with Gasteiger partial charge in [0, 0.05) is 49.1 Å². The highest BCUT2D eigenvalue weighted by molar-refractivity contribution is 5.92. The summed E-state index contributed by atoms with van der Waals surface area (Å²) >= 11 is 0. The number of ether oxygens (including phenoxy) is 2. The third kappa shape index (κ3) is 3.48. The van der Waals surface area contributed by atoms with Crippen LogP contribution < -0.4 is 5.73 Å². The van der Waals surface area contributed by atoms with Gasteiger partial charge in [0.1, 0.15) is 11.8 Å². The number of aromatic nitrogens is 7. The van der Waals surface area contributed by atoms with E-state index < -0.39 is 0 Å². The van der Waals surface area contributed by atoms with Gasteiger partial charge >= 0.3 is 0 Å². The molecular weight excluding hydrogens is 456 g/mol. The van der Waals surface area contributed by atoms with Crippen LogP contribution in [0.4, 0.5) is 5.82 Å². The van der Waals surface area contributed by atoms with E-state index in [1.807, 2.05) is 23.0 Å². The van der Waals surface area contributed by atoms with Crippen LogP contribution in [0, 0.1) is 0 Å². The number of anilines is 1. The molecule has 0 saturated carbocycles. The van der Waals surface area contributed by atoms with Crippen LogP contribution in [0.25, 0.3) is 38.9 Å². The molecule has 10 nitrogen and oxygen atoms in total. The molecule has 1 aromatic carbocycles. The van der Waals surface area contributed by atoms with E-state index in [0.717, 1.165) is 91.0 Å². The first-order chi connectivity index (χ1) is 17.8. The quantitative estimate of drug-likeness (QED) is 0.412. The van der Waals surface area contributed by atoms with Gasteiger partial charge in [0.2, 0.25) is 0 Å². The molecule has 10 heteroatoms. The van der Waals surface area contributed by atoms with E-state index in [0.29, 0.717) is 11.9 Å². The van der Waals surface area contributed by atoms with Crippen LogP contribution in [0.2, 0.25) is 0 Å². The fourth-order valence-electron chi connectivity index (χ4n) is 5.63. The SMILES string of the molecule is Nc1ncnn2c(-c3ccc4cnn(C5CCOCC5)c4c3)cc(-c3ccnn3C3CCOCC3)c12. The molecule has 0 unspecified atom stereocenters. The molecule has 2 aliphatic rings. The van der Waals surface area contributed by atoms with Crippen molar-refractivity contribution in [2.75, 3.05) is 32.2 Å². The summed E-state index contributed by atoms with van der Waals surface area (Å²) in [6.07, 6.45) is 9.13. The van der Waals surface area contributed by atoms with Gasteiger partial charge in [0.05, 0.1) is 35.2 Å². The lowest BCUT2D eigenvalue weighted by Gasteiger charge is -2.24. The predicted molar refractivity (Wildman–Crippen MR) is 136 cm³/mol. The zero-order valence-electron chi connectivity index (χ0n) is 20.0. The molecule has 0 amide bonds. The Labute approximate surface area is 207 Å². The molecule has 4 aromatic heterocycles. The molecule has 36 heavy (non-hydrogen) atoms. The second kappa shape index (κ2) is 8.72. The highest BCUT2D eigenvalue weighted by Gasteiger charge is 2.24. The Hall–Kier alpha value is -3.76. The summed E-state index contributed by atoms with van der Waals surface area (Å²) in [7, 11) is 0. The number of nitrogen functional groups attached to an aromatic ring is 1. The second-order valence-corrected chi connectivity index (χ2v) is 9.56. The number of hydrogen-bond donors (Lipinski definition) is 1. The summed E-state index contributed by atoms with van der Waals surface area (Å²) in [6.45, 7) is 3.04. The van der Waals surface area contributed by atoms with Crippen molar-refractivity contribution in [2.45, 2.75) is 37.8 Å². The zero-order chi connectivity index (χ0) is 24.1. The molecule has 7 rings (SSSR count). The van der Waals surface area contributed by atoms with Crippen molar-refractivity contribution in [1.82, 2.24) is 34.2 Å². The lowest BCUT2D eigenvalue weighted by atomic mass is 10.1. The number of benzene rings is 1. The number of nitrogens with zero attached hydrogens (tertiary/aromatic N) is 7. The maximum absolute atomic E-state index is 6.43. The summed E-state index contributed by atoms with van der Waals surface area (Å²) in [5, 5.41) is 15.1. The Morgan fingerprint density at radius 3 is 2.33 bits per heavy atom. The van der Waals surface area contributed by atoms with Gasteiger partial charge in [0.25, 0.3) is 0 Å². The third-order valence-corrected chi connectivity index (χ3v) is 7.50. The Balaban J connectivity index is 1.38. The molecule has 184 valence electrons. The Morgan fingerprint density at radius 2 is 1.56 bits per heavy atom. The maximum Gasteiger partial charge on any atom is 0.152 e. The van der Waals surface area contributed by atoms with Gasteiger partial charge in [-0.3, -0.25) is 9.36 Å². The normalized spacial score (nSPS) is 17.9. The van der Waals surface area contributed by atoms with Gasteiger partial charge in [-0.1, -0.05) is 12.1 Å². The topological polar surface area (TPSA) is 110 Å². The summed E-state index contributed by atoms with van der Waals surface area (Å²) < 4.78 is 17.3. The molecular formula is C26H28N8O2. The summed E-state index contributed by atoms with van der Waals surface area (Å²) in [6, 6.07) is 11.3. The molecule has 0 aliphatic carbocycles. The standard InChI is InChI=1S/C26H28N8O2/c27-26-25-21(22-3-8-29-32(22)19-4-9-35-10-5-19)14-24(34(25)31-16-28-26)17-1-2-18-15-30-33(23(18)13-17)20-6-11-36-12-7-20/h1-3,8,13-16,19-20H,4-7,9-12H2,(H2,27,28,31). The average Bonchev–Trinajstić information content (AvgIpc) is 3.66. The maximum atomic E-state index is 6.43. The molecule has 2 aliphatic heterocycles. The zero-order valence-corrected chi connectivity index (χ0v) is 20.0. The van der Waals surface area contributed by atoms with Crippen LogP contribution in [0.1, 0.15) is 37.8 Å². The Morgan fingerprint density at radius 1 is 0.806 bits per heavy atom. The lowest BCUT2D eigenvalue weighted by Crippen LogP contribution is -2.21. The molecule has 2 fully saturated rings. The van der Waals surface area contributed by atoms with E-state index in [9.17, 15) is 0 Å². The van der Waals surface area contributed by atoms with Crippen LogP contribution in [-0.2, 0) is 9.47 Å². The van der Waals surface area contributed by atoms with E-state index in [1.165, 1.54) is 6.33 Å². The first-order valence-electron chi connectivity index (χ1n) is 12.6. The predicted octanol–water partition coefficient (Wildman–Crippen LogP) is 3.89. The fourth-order valence-corrected chi connectivity index (χ4v) is 5.63. The van der Waals surface area contributed by atoms with Crippen molar-refractivity contribution in [3.05, 3.63) is 49.1 Å². The van der Waals surface area contributed by atoms with Crippen LogP contribution in [0.15, 0.2) is 49.1 Å². The van der Waals surface area contributed by atoms with Crippen LogP contribution in [-0.4, -0.2) is 60.6 Å². The first-order valence-corrected chi connectivity index (χ1v) is 12.6. The number of rotatable bonds is 4. The van der Waals surface area contributed by atoms with Gasteiger partial charge in [-0.15, -0.1) is 0 Å². The van der Waals surface area contributed by atoms with Gasteiger partial charge in [-0.05, 0) is 43.9 Å². The minimum atomic E-state index is 0.290. The Kier molecular flexibility index (Phi) is 5.21. The van der Waals surface area contributed by atoms with Crippen LogP contribution >= 0.6 is 0 Å². The van der Waals surface area contributed by atoms with E-state index in [4.69, 9.17) is 20.3 Å². The van der Waals surface area contributed by atoms with Gasteiger partial charge < -0.3 is 15.2 Å². The number of hydrogen-bond acceptors (Lipinski definition) is 7. The monoisotopic (exact) mass is 484 g/mol. The average molecular weight is 485 g/mol. The smallest absolute Gasteiger partial charge is 0.152 e. The molecule has 2 N–H and O–H groups in total. The van der Waals surface area contributed by atoms with Gasteiger partial charge in [0.15, 0.2) is 5.82 Å². The highest BCUT2D eigenvalue weighted by atomic mass is 16.5. The molecule has 0 atom stereocenters. The van der Waals surface area contributed by atoms with E-state index in [1.54, 1.807) is 0 Å². The van der Waals surface area contributed by atoms with Crippen LogP contribution in [0.3, 0.4) is 0 Å². The molecule has 2 saturated heterocycles. The third-order valence-electron chi connectivity index (χ3n) is 7.50. The lowest BCUT2D eigenvalue weighted by molar-refractivity contribution is 0.0667. The Bertz CT molecular complexity index is 1540. The van der Waals surface area contributed by atoms with Crippen molar-refractivity contribution in [1.29, 1.82) is 0 Å². The van der Waals surface area contributed by atoms with Crippen molar-refractivity contribution in [2.24, 2.45) is 0 Å². The van der Waals surface area contributed by atoms with Crippen molar-refractivity contribution in [3.63, 3.8) is 0 Å². The molecule has 0 radical (unpaired) electrons. The van der Waals surface area contributed by atoms with Crippen molar-refractivity contribution in [3.8, 4) is 22.5 Å². The molecule has 0 bridgehead atoms. The second-order valence-electron chi connectivity index (χ2n) is 9.56. The molecule has 6 heterocycles. The summed E-state index contributed by atoms with van der Waals surface area (Å²) in [4.78, 5) is 4.31. The number of nitrogens with two attached hydrogens (primary N) is 1. The van der Waals surface area contributed by atoms with E-state index in [-0.39, 0.29) is 6.04 Å². The van der Waals surface area contributed by atoms with Crippen molar-refractivity contribution >= 4 is 22.2 Å². The van der Waals surface area contributed by atoms with Crippen molar-refractivity contribution < 1.29 is 9.47 Å². The molecule has 5 aromatic rings. The minimum Gasteiger partial charge on any atom is -0.382 e. The fraction of sp³-hybridized carbons (Fsp3) is 0.385. The summed E-state index contributed by atoms with van der Waals surface area (Å²) in [5.41, 5.74) is 12.3.